The summed E-state index contributed by atoms with van der Waals surface area (Å²) in [5.41, 5.74) is 9.13. The predicted molar refractivity (Wildman–Crippen MR) is 76.5 cm³/mol. The molecule has 1 aliphatic heterocycles. The molecule has 1 aromatic rings. The number of primary amides is 1. The largest absolute Gasteiger partial charge is 0.507 e. The van der Waals surface area contributed by atoms with E-state index in [0.29, 0.717) is 12.3 Å². The highest BCUT2D eigenvalue weighted by molar-refractivity contribution is 5.78. The van der Waals surface area contributed by atoms with Crippen LogP contribution in [0.3, 0.4) is 0 Å². The summed E-state index contributed by atoms with van der Waals surface area (Å²) in [5, 5.41) is 10.2. The van der Waals surface area contributed by atoms with E-state index in [2.05, 4.69) is 6.07 Å². The molecule has 1 saturated heterocycles. The second-order valence-corrected chi connectivity index (χ2v) is 6.14. The second-order valence-electron chi connectivity index (χ2n) is 6.14. The van der Waals surface area contributed by atoms with E-state index in [1.54, 1.807) is 0 Å². The summed E-state index contributed by atoms with van der Waals surface area (Å²) < 4.78 is 0. The number of nitrogens with two attached hydrogens (primary N) is 1. The summed E-state index contributed by atoms with van der Waals surface area (Å²) in [6.07, 6.45) is 6.44. The number of amides is 1. The van der Waals surface area contributed by atoms with Gasteiger partial charge in [0.2, 0.25) is 0 Å². The van der Waals surface area contributed by atoms with Crippen LogP contribution in [0.25, 0.3) is 0 Å². The highest BCUT2D eigenvalue weighted by atomic mass is 16.3. The minimum Gasteiger partial charge on any atom is -0.507 e. The maximum atomic E-state index is 11.6. The van der Waals surface area contributed by atoms with Gasteiger partial charge in [-0.05, 0) is 55.4 Å². The van der Waals surface area contributed by atoms with E-state index in [4.69, 9.17) is 5.73 Å². The van der Waals surface area contributed by atoms with E-state index in [-0.39, 0.29) is 11.9 Å². The molecule has 1 heterocycles. The molecule has 4 N–H and O–H groups in total. The van der Waals surface area contributed by atoms with Gasteiger partial charge in [0.25, 0.3) is 5.91 Å². The van der Waals surface area contributed by atoms with Crippen molar-refractivity contribution in [3.8, 4) is 5.75 Å². The van der Waals surface area contributed by atoms with Crippen molar-refractivity contribution in [3.63, 3.8) is 0 Å². The number of quaternary nitrogens is 1. The number of phenols is 1. The molecule has 20 heavy (non-hydrogen) atoms. The Morgan fingerprint density at radius 3 is 2.75 bits per heavy atom. The molecule has 1 unspecified atom stereocenters. The first-order valence-electron chi connectivity index (χ1n) is 7.62. The molecule has 1 fully saturated rings. The molecule has 2 atom stereocenters. The van der Waals surface area contributed by atoms with Gasteiger partial charge in [0.05, 0.1) is 6.54 Å². The first kappa shape index (κ1) is 13.4. The van der Waals surface area contributed by atoms with Crippen LogP contribution in [0.15, 0.2) is 12.1 Å². The van der Waals surface area contributed by atoms with Gasteiger partial charge in [-0.2, -0.15) is 0 Å². The third-order valence-electron chi connectivity index (χ3n) is 4.79. The van der Waals surface area contributed by atoms with E-state index >= 15 is 0 Å². The molecule has 0 bridgehead atoms. The Bertz CT molecular complexity index is 527. The molecule has 2 aliphatic rings. The van der Waals surface area contributed by atoms with E-state index in [9.17, 15) is 9.90 Å². The van der Waals surface area contributed by atoms with Crippen molar-refractivity contribution < 1.29 is 14.8 Å². The molecular formula is C16H23N2O2+. The Morgan fingerprint density at radius 1 is 1.25 bits per heavy atom. The van der Waals surface area contributed by atoms with E-state index in [1.165, 1.54) is 22.4 Å². The lowest BCUT2D eigenvalue weighted by molar-refractivity contribution is -0.934. The number of rotatable bonds is 3. The number of aryl methyl sites for hydroxylation is 2. The zero-order valence-corrected chi connectivity index (χ0v) is 11.8. The number of hydrogen-bond acceptors (Lipinski definition) is 2. The number of carbonyl (C=O) groups excluding carboxylic acids is 1. The fraction of sp³-hybridized carbons (Fsp3) is 0.562. The lowest BCUT2D eigenvalue weighted by atomic mass is 9.99. The monoisotopic (exact) mass is 275 g/mol. The number of fused-ring (bicyclic) bond motifs is 1. The molecule has 1 aromatic carbocycles. The van der Waals surface area contributed by atoms with Gasteiger partial charge >= 0.3 is 0 Å². The topological polar surface area (TPSA) is 67.8 Å². The Balaban J connectivity index is 1.81. The van der Waals surface area contributed by atoms with Crippen LogP contribution in [0.2, 0.25) is 0 Å². The number of likely N-dealkylation sites (tertiary alicyclic amines) is 1. The minimum absolute atomic E-state index is 0.101. The molecule has 0 saturated carbocycles. The molecule has 3 rings (SSSR count). The van der Waals surface area contributed by atoms with Gasteiger partial charge < -0.3 is 15.7 Å². The summed E-state index contributed by atoms with van der Waals surface area (Å²) in [4.78, 5) is 12.8. The van der Waals surface area contributed by atoms with Crippen LogP contribution in [-0.2, 0) is 24.2 Å². The summed E-state index contributed by atoms with van der Waals surface area (Å²) in [6.45, 7) is 1.66. The number of nitrogens with one attached hydrogen (secondary N) is 1. The number of hydrogen-bond donors (Lipinski definition) is 3. The normalized spacial score (nSPS) is 25.4. The zero-order chi connectivity index (χ0) is 14.1. The van der Waals surface area contributed by atoms with E-state index < -0.39 is 0 Å². The van der Waals surface area contributed by atoms with Gasteiger partial charge in [-0.1, -0.05) is 0 Å². The number of benzene rings is 1. The molecular weight excluding hydrogens is 252 g/mol. The van der Waals surface area contributed by atoms with Crippen LogP contribution < -0.4 is 10.6 Å². The zero-order valence-electron chi connectivity index (χ0n) is 11.8. The quantitative estimate of drug-likeness (QED) is 0.743. The fourth-order valence-corrected chi connectivity index (χ4v) is 3.68. The summed E-state index contributed by atoms with van der Waals surface area (Å²) in [5.74, 6) is 0.173. The molecule has 0 radical (unpaired) electrons. The average Bonchev–Trinajstić information content (AvgIpc) is 2.86. The van der Waals surface area contributed by atoms with Gasteiger partial charge in [-0.3, -0.25) is 4.79 Å². The van der Waals surface area contributed by atoms with Crippen LogP contribution in [0, 0.1) is 0 Å². The first-order chi connectivity index (χ1) is 9.65. The molecule has 0 aromatic heterocycles. The Labute approximate surface area is 119 Å². The summed E-state index contributed by atoms with van der Waals surface area (Å²) in [7, 11) is 0. The number of carbonyl (C=O) groups is 1. The lowest BCUT2D eigenvalue weighted by Gasteiger charge is -2.30. The maximum Gasteiger partial charge on any atom is 0.275 e. The second kappa shape index (κ2) is 5.44. The SMILES string of the molecule is NC(=O)[C@@H]1CCCC[NH+]1Cc1cc2c(cc1O)CCC2. The molecule has 4 heteroatoms. The number of phenolic OH excluding ortho intramolecular Hbond substituents is 1. The summed E-state index contributed by atoms with van der Waals surface area (Å²) in [6, 6.07) is 3.95. The van der Waals surface area contributed by atoms with Crippen LogP contribution in [0.1, 0.15) is 42.4 Å². The maximum absolute atomic E-state index is 11.6. The lowest BCUT2D eigenvalue weighted by Crippen LogP contribution is -3.16. The number of piperidine rings is 1. The van der Waals surface area contributed by atoms with Crippen molar-refractivity contribution in [2.75, 3.05) is 6.54 Å². The average molecular weight is 275 g/mol. The van der Waals surface area contributed by atoms with Gasteiger partial charge in [0, 0.05) is 12.0 Å². The van der Waals surface area contributed by atoms with Crippen molar-refractivity contribution in [1.82, 2.24) is 0 Å². The van der Waals surface area contributed by atoms with Crippen molar-refractivity contribution in [1.29, 1.82) is 0 Å². The van der Waals surface area contributed by atoms with Gasteiger partial charge in [0.1, 0.15) is 12.3 Å². The van der Waals surface area contributed by atoms with Gasteiger partial charge in [-0.25, -0.2) is 0 Å². The Hall–Kier alpha value is -1.55. The smallest absolute Gasteiger partial charge is 0.275 e. The van der Waals surface area contributed by atoms with Crippen molar-refractivity contribution in [2.24, 2.45) is 5.73 Å². The van der Waals surface area contributed by atoms with Crippen LogP contribution in [-0.4, -0.2) is 23.6 Å². The Morgan fingerprint density at radius 2 is 2.00 bits per heavy atom. The van der Waals surface area contributed by atoms with Crippen LogP contribution in [0.5, 0.6) is 5.75 Å². The molecule has 4 nitrogen and oxygen atoms in total. The minimum atomic E-state index is -0.208. The van der Waals surface area contributed by atoms with Crippen molar-refractivity contribution in [2.45, 2.75) is 51.1 Å². The number of aromatic hydroxyl groups is 1. The molecule has 1 aliphatic carbocycles. The Kier molecular flexibility index (Phi) is 3.66. The van der Waals surface area contributed by atoms with Gasteiger partial charge in [0.15, 0.2) is 6.04 Å². The standard InChI is InChI=1S/C16H22N2O2/c17-16(20)14-6-1-2-7-18(14)10-13-8-11-4-3-5-12(11)9-15(13)19/h8-9,14,19H,1-7,10H2,(H2,17,20)/p+1/t14-/m0/s1. The van der Waals surface area contributed by atoms with E-state index in [1.807, 2.05) is 6.07 Å². The third kappa shape index (κ3) is 2.52. The molecule has 1 amide bonds. The van der Waals surface area contributed by atoms with Crippen LogP contribution in [0.4, 0.5) is 0 Å². The third-order valence-corrected chi connectivity index (χ3v) is 4.79. The van der Waals surface area contributed by atoms with Gasteiger partial charge in [-0.15, -0.1) is 0 Å². The predicted octanol–water partition coefficient (Wildman–Crippen LogP) is 0.304. The van der Waals surface area contributed by atoms with Crippen molar-refractivity contribution >= 4 is 5.91 Å². The highest BCUT2D eigenvalue weighted by Crippen LogP contribution is 2.28. The molecule has 108 valence electrons. The van der Waals surface area contributed by atoms with E-state index in [0.717, 1.165) is 44.2 Å². The highest BCUT2D eigenvalue weighted by Gasteiger charge is 2.31. The van der Waals surface area contributed by atoms with Crippen LogP contribution >= 0.6 is 0 Å². The molecule has 0 spiro atoms. The van der Waals surface area contributed by atoms with Crippen molar-refractivity contribution in [3.05, 3.63) is 28.8 Å². The summed E-state index contributed by atoms with van der Waals surface area (Å²) >= 11 is 0. The first-order valence-corrected chi connectivity index (χ1v) is 7.62. The fourth-order valence-electron chi connectivity index (χ4n) is 3.68.